The summed E-state index contributed by atoms with van der Waals surface area (Å²) in [5, 5.41) is 3.27. The zero-order valence-electron chi connectivity index (χ0n) is 19.1. The average Bonchev–Trinajstić information content (AvgIpc) is 2.78. The number of hydrogen-bond acceptors (Lipinski definition) is 0. The highest BCUT2D eigenvalue weighted by atomic mass is 31.2. The molecule has 0 aromatic heterocycles. The maximum absolute atomic E-state index is 2.43. The molecule has 2 aromatic carbocycles. The van der Waals surface area contributed by atoms with E-state index in [4.69, 9.17) is 0 Å². The second kappa shape index (κ2) is 14.8. The summed E-state index contributed by atoms with van der Waals surface area (Å²) >= 11 is 0. The van der Waals surface area contributed by atoms with Gasteiger partial charge in [-0.1, -0.05) is 102 Å². The van der Waals surface area contributed by atoms with E-state index >= 15 is 0 Å². The molecule has 0 aliphatic carbocycles. The van der Waals surface area contributed by atoms with Crippen LogP contribution in [0.3, 0.4) is 0 Å². The molecule has 2 aromatic rings. The van der Waals surface area contributed by atoms with Gasteiger partial charge in [0.1, 0.15) is 0 Å². The summed E-state index contributed by atoms with van der Waals surface area (Å²) in [5.74, 6) is 0. The van der Waals surface area contributed by atoms with Gasteiger partial charge in [0.05, 0.1) is 30.2 Å². The van der Waals surface area contributed by atoms with Crippen molar-refractivity contribution < 1.29 is 0 Å². The Balaban J connectivity index is 2.13. The van der Waals surface area contributed by atoms with Gasteiger partial charge < -0.3 is 0 Å². The van der Waals surface area contributed by atoms with E-state index in [1.165, 1.54) is 89.4 Å². The average molecular weight is 412 g/mol. The lowest BCUT2D eigenvalue weighted by molar-refractivity contribution is 0.621. The topological polar surface area (TPSA) is 0 Å². The highest BCUT2D eigenvalue weighted by molar-refractivity contribution is 7.89. The van der Waals surface area contributed by atoms with Crippen LogP contribution in [-0.4, -0.2) is 12.3 Å². The van der Waals surface area contributed by atoms with Crippen molar-refractivity contribution in [3.8, 4) is 0 Å². The Morgan fingerprint density at radius 2 is 0.793 bits per heavy atom. The normalized spacial score (nSPS) is 11.7. The van der Waals surface area contributed by atoms with E-state index in [1.54, 1.807) is 10.6 Å². The van der Waals surface area contributed by atoms with Gasteiger partial charge in [0.25, 0.3) is 0 Å². The number of benzene rings is 2. The number of rotatable bonds is 16. The highest BCUT2D eigenvalue weighted by Gasteiger charge is 2.41. The molecule has 0 nitrogen and oxygen atoms in total. The molecule has 2 rings (SSSR count). The van der Waals surface area contributed by atoms with Crippen molar-refractivity contribution in [2.24, 2.45) is 0 Å². The van der Waals surface area contributed by atoms with Crippen molar-refractivity contribution in [3.63, 3.8) is 0 Å². The maximum atomic E-state index is 2.43. The summed E-state index contributed by atoms with van der Waals surface area (Å²) in [6.45, 7) is 4.61. The third-order valence-electron chi connectivity index (χ3n) is 6.29. The summed E-state index contributed by atoms with van der Waals surface area (Å²) in [7, 11) is -1.31. The lowest BCUT2D eigenvalue weighted by Gasteiger charge is -2.28. The molecule has 0 atom stereocenters. The minimum atomic E-state index is -1.31. The fraction of sp³-hybridized carbons (Fsp3) is 0.571. The SMILES string of the molecule is CCCCCCCC[P+](CCCCCCCC)(c1ccccc1)c1ccccc1. The maximum Gasteiger partial charge on any atom is 0.0991 e. The molecule has 0 amide bonds. The Morgan fingerprint density at radius 3 is 1.17 bits per heavy atom. The van der Waals surface area contributed by atoms with Crippen LogP contribution in [0, 0.1) is 0 Å². The summed E-state index contributed by atoms with van der Waals surface area (Å²) in [5.41, 5.74) is 0. The first-order chi connectivity index (χ1) is 14.3. The molecule has 160 valence electrons. The van der Waals surface area contributed by atoms with Crippen LogP contribution in [-0.2, 0) is 0 Å². The van der Waals surface area contributed by atoms with Gasteiger partial charge in [-0.05, 0) is 49.9 Å². The molecule has 29 heavy (non-hydrogen) atoms. The first-order valence-corrected chi connectivity index (χ1v) is 14.5. The molecule has 0 saturated heterocycles. The van der Waals surface area contributed by atoms with Gasteiger partial charge in [0.15, 0.2) is 0 Å². The standard InChI is InChI=1S/C28H44P/c1-3-5-7-9-11-19-25-29(27-21-15-13-16-22-27,28-23-17-14-18-24-28)26-20-12-10-8-6-4-2/h13-18,21-24H,3-12,19-20,25-26H2,1-2H3/q+1. The fourth-order valence-electron chi connectivity index (χ4n) is 4.53. The van der Waals surface area contributed by atoms with Gasteiger partial charge >= 0.3 is 0 Å². The molecule has 0 unspecified atom stereocenters. The van der Waals surface area contributed by atoms with E-state index in [-0.39, 0.29) is 0 Å². The fourth-order valence-corrected chi connectivity index (χ4v) is 9.10. The van der Waals surface area contributed by atoms with E-state index in [1.807, 2.05) is 0 Å². The van der Waals surface area contributed by atoms with E-state index in [0.29, 0.717) is 0 Å². The molecular weight excluding hydrogens is 367 g/mol. The van der Waals surface area contributed by atoms with Gasteiger partial charge in [-0.3, -0.25) is 0 Å². The van der Waals surface area contributed by atoms with E-state index in [0.717, 1.165) is 0 Å². The summed E-state index contributed by atoms with van der Waals surface area (Å²) < 4.78 is 0. The van der Waals surface area contributed by atoms with Crippen LogP contribution < -0.4 is 10.6 Å². The van der Waals surface area contributed by atoms with Crippen LogP contribution in [0.15, 0.2) is 60.7 Å². The molecule has 0 heterocycles. The van der Waals surface area contributed by atoms with Crippen molar-refractivity contribution in [3.05, 3.63) is 60.7 Å². The third kappa shape index (κ3) is 8.25. The predicted octanol–water partition coefficient (Wildman–Crippen LogP) is 8.38. The van der Waals surface area contributed by atoms with Crippen LogP contribution in [0.2, 0.25) is 0 Å². The molecule has 0 aliphatic heterocycles. The largest absolute Gasteiger partial charge is 0.0991 e. The van der Waals surface area contributed by atoms with Crippen LogP contribution in [0.25, 0.3) is 0 Å². The monoisotopic (exact) mass is 411 g/mol. The Kier molecular flexibility index (Phi) is 12.3. The smallest absolute Gasteiger partial charge is 0.0654 e. The van der Waals surface area contributed by atoms with Gasteiger partial charge in [-0.15, -0.1) is 0 Å². The molecule has 0 bridgehead atoms. The zero-order valence-corrected chi connectivity index (χ0v) is 20.0. The van der Waals surface area contributed by atoms with Crippen LogP contribution in [0.4, 0.5) is 0 Å². The molecule has 0 radical (unpaired) electrons. The predicted molar refractivity (Wildman–Crippen MR) is 136 cm³/mol. The molecule has 0 saturated carbocycles. The first kappa shape index (κ1) is 24.1. The summed E-state index contributed by atoms with van der Waals surface area (Å²) in [6.07, 6.45) is 19.5. The summed E-state index contributed by atoms with van der Waals surface area (Å²) in [6, 6.07) is 23.1. The van der Waals surface area contributed by atoms with E-state index in [2.05, 4.69) is 74.5 Å². The number of unbranched alkanes of at least 4 members (excludes halogenated alkanes) is 10. The highest BCUT2D eigenvalue weighted by Crippen LogP contribution is 2.57. The van der Waals surface area contributed by atoms with Crippen molar-refractivity contribution in [2.45, 2.75) is 90.9 Å². The van der Waals surface area contributed by atoms with E-state index in [9.17, 15) is 0 Å². The molecule has 0 aliphatic rings. The van der Waals surface area contributed by atoms with Gasteiger partial charge in [-0.2, -0.15) is 0 Å². The third-order valence-corrected chi connectivity index (χ3v) is 11.0. The van der Waals surface area contributed by atoms with Crippen LogP contribution in [0.5, 0.6) is 0 Å². The Labute approximate surface area is 181 Å². The Bertz CT molecular complexity index is 562. The van der Waals surface area contributed by atoms with Crippen LogP contribution in [0.1, 0.15) is 90.9 Å². The van der Waals surface area contributed by atoms with Crippen molar-refractivity contribution in [2.75, 3.05) is 12.3 Å². The second-order valence-electron chi connectivity index (χ2n) is 8.62. The molecule has 1 heteroatoms. The Hall–Kier alpha value is -1.13. The molecular formula is C28H44P+. The van der Waals surface area contributed by atoms with Gasteiger partial charge in [0, 0.05) is 0 Å². The van der Waals surface area contributed by atoms with E-state index < -0.39 is 7.26 Å². The quantitative estimate of drug-likeness (QED) is 0.192. The first-order valence-electron chi connectivity index (χ1n) is 12.3. The van der Waals surface area contributed by atoms with Gasteiger partial charge in [0.2, 0.25) is 0 Å². The molecule has 0 N–H and O–H groups in total. The van der Waals surface area contributed by atoms with Crippen molar-refractivity contribution in [1.29, 1.82) is 0 Å². The van der Waals surface area contributed by atoms with Crippen molar-refractivity contribution >= 4 is 17.9 Å². The van der Waals surface area contributed by atoms with Crippen molar-refractivity contribution in [1.82, 2.24) is 0 Å². The lowest BCUT2D eigenvalue weighted by Crippen LogP contribution is -2.27. The second-order valence-corrected chi connectivity index (χ2v) is 12.5. The Morgan fingerprint density at radius 1 is 0.448 bits per heavy atom. The minimum Gasteiger partial charge on any atom is -0.0654 e. The minimum absolute atomic E-state index is 1.31. The lowest BCUT2D eigenvalue weighted by atomic mass is 10.1. The molecule has 0 fully saturated rings. The molecule has 0 spiro atoms. The van der Waals surface area contributed by atoms with Crippen LogP contribution >= 0.6 is 7.26 Å². The zero-order chi connectivity index (χ0) is 20.6. The summed E-state index contributed by atoms with van der Waals surface area (Å²) in [4.78, 5) is 0. The van der Waals surface area contributed by atoms with Gasteiger partial charge in [-0.25, -0.2) is 0 Å². The number of hydrogen-bond donors (Lipinski definition) is 0.